The lowest BCUT2D eigenvalue weighted by atomic mass is 9.98. The Morgan fingerprint density at radius 3 is 3.00 bits per heavy atom. The predicted molar refractivity (Wildman–Crippen MR) is 54.5 cm³/mol. The third-order valence-electron chi connectivity index (χ3n) is 2.49. The Kier molecular flexibility index (Phi) is 2.25. The summed E-state index contributed by atoms with van der Waals surface area (Å²) in [6, 6.07) is 5.47. The maximum atomic E-state index is 11.5. The molecular weight excluding hydrogens is 178 g/mol. The monoisotopic (exact) mass is 191 g/mol. The number of carbonyl (C=O) groups is 1. The van der Waals surface area contributed by atoms with Crippen LogP contribution >= 0.6 is 0 Å². The Morgan fingerprint density at radius 1 is 1.50 bits per heavy atom. The van der Waals surface area contributed by atoms with Gasteiger partial charge in [-0.25, -0.2) is 0 Å². The van der Waals surface area contributed by atoms with E-state index in [2.05, 4.69) is 5.32 Å². The van der Waals surface area contributed by atoms with Gasteiger partial charge in [-0.15, -0.1) is 0 Å². The third kappa shape index (κ3) is 1.51. The van der Waals surface area contributed by atoms with Crippen LogP contribution in [0.25, 0.3) is 0 Å². The lowest BCUT2D eigenvalue weighted by Crippen LogP contribution is -2.18. The highest BCUT2D eigenvalue weighted by molar-refractivity contribution is 6.03. The van der Waals surface area contributed by atoms with Gasteiger partial charge in [0, 0.05) is 24.2 Å². The minimum Gasteiger partial charge on any atom is -0.389 e. The molecule has 0 aliphatic carbocycles. The number of aliphatic hydroxyl groups is 1. The molecule has 0 bridgehead atoms. The molecule has 1 aromatic rings. The fraction of sp³-hybridized carbons (Fsp3) is 0.364. The van der Waals surface area contributed by atoms with Crippen molar-refractivity contribution in [3.05, 3.63) is 29.3 Å². The third-order valence-corrected chi connectivity index (χ3v) is 2.49. The first kappa shape index (κ1) is 9.21. The van der Waals surface area contributed by atoms with Crippen LogP contribution in [0.15, 0.2) is 18.2 Å². The number of Topliss-reactive ketones (excluding diaryl/α,β-unsaturated/α-hetero) is 1. The van der Waals surface area contributed by atoms with Crippen molar-refractivity contribution in [1.82, 2.24) is 0 Å². The van der Waals surface area contributed by atoms with E-state index in [9.17, 15) is 9.90 Å². The van der Waals surface area contributed by atoms with Gasteiger partial charge in [0.05, 0.1) is 6.10 Å². The summed E-state index contributed by atoms with van der Waals surface area (Å²) in [7, 11) is 0. The molecule has 0 fully saturated rings. The van der Waals surface area contributed by atoms with Crippen molar-refractivity contribution in [1.29, 1.82) is 0 Å². The minimum atomic E-state index is -0.518. The molecule has 1 aromatic carbocycles. The molecule has 1 atom stereocenters. The van der Waals surface area contributed by atoms with Crippen LogP contribution in [0.5, 0.6) is 0 Å². The van der Waals surface area contributed by atoms with Gasteiger partial charge in [-0.2, -0.15) is 0 Å². The Bertz CT molecular complexity index is 372. The number of hydrogen-bond acceptors (Lipinski definition) is 3. The summed E-state index contributed by atoms with van der Waals surface area (Å²) >= 11 is 0. The highest BCUT2D eigenvalue weighted by atomic mass is 16.3. The van der Waals surface area contributed by atoms with Gasteiger partial charge in [-0.3, -0.25) is 4.79 Å². The molecule has 3 nitrogen and oxygen atoms in total. The highest BCUT2D eigenvalue weighted by Crippen LogP contribution is 2.25. The normalized spacial score (nSPS) is 17.1. The Labute approximate surface area is 82.8 Å². The van der Waals surface area contributed by atoms with Crippen LogP contribution in [-0.2, 0) is 0 Å². The standard InChI is InChI=1S/C11H13NO2/c1-7(13)8-2-3-10-9(6-8)11(14)4-5-12-10/h2-3,6-7,12-13H,4-5H2,1H3. The van der Waals surface area contributed by atoms with Crippen molar-refractivity contribution >= 4 is 11.5 Å². The molecule has 2 N–H and O–H groups in total. The number of anilines is 1. The van der Waals surface area contributed by atoms with E-state index in [0.29, 0.717) is 18.5 Å². The summed E-state index contributed by atoms with van der Waals surface area (Å²) in [4.78, 5) is 11.5. The first-order chi connectivity index (χ1) is 6.68. The molecule has 1 unspecified atom stereocenters. The van der Waals surface area contributed by atoms with Gasteiger partial charge in [-0.05, 0) is 24.6 Å². The molecule has 0 saturated carbocycles. The second-order valence-electron chi connectivity index (χ2n) is 3.58. The Hall–Kier alpha value is -1.35. The molecule has 1 aliphatic heterocycles. The molecule has 2 rings (SSSR count). The molecular formula is C11H13NO2. The van der Waals surface area contributed by atoms with Crippen LogP contribution < -0.4 is 5.32 Å². The summed E-state index contributed by atoms with van der Waals surface area (Å²) < 4.78 is 0. The molecule has 0 saturated heterocycles. The number of fused-ring (bicyclic) bond motifs is 1. The highest BCUT2D eigenvalue weighted by Gasteiger charge is 2.17. The van der Waals surface area contributed by atoms with E-state index >= 15 is 0 Å². The number of rotatable bonds is 1. The summed E-state index contributed by atoms with van der Waals surface area (Å²) in [6.07, 6.45) is 0.0195. The average molecular weight is 191 g/mol. The van der Waals surface area contributed by atoms with E-state index in [0.717, 1.165) is 11.3 Å². The smallest absolute Gasteiger partial charge is 0.166 e. The molecule has 14 heavy (non-hydrogen) atoms. The van der Waals surface area contributed by atoms with E-state index in [-0.39, 0.29) is 5.78 Å². The lowest BCUT2D eigenvalue weighted by molar-refractivity contribution is 0.0983. The maximum absolute atomic E-state index is 11.5. The van der Waals surface area contributed by atoms with Crippen molar-refractivity contribution < 1.29 is 9.90 Å². The van der Waals surface area contributed by atoms with E-state index < -0.39 is 6.10 Å². The van der Waals surface area contributed by atoms with Gasteiger partial charge >= 0.3 is 0 Å². The molecule has 3 heteroatoms. The van der Waals surface area contributed by atoms with Gasteiger partial charge in [0.25, 0.3) is 0 Å². The molecule has 74 valence electrons. The van der Waals surface area contributed by atoms with Crippen molar-refractivity contribution in [2.75, 3.05) is 11.9 Å². The van der Waals surface area contributed by atoms with Gasteiger partial charge in [-0.1, -0.05) is 6.07 Å². The van der Waals surface area contributed by atoms with Crippen molar-refractivity contribution in [2.24, 2.45) is 0 Å². The van der Waals surface area contributed by atoms with Gasteiger partial charge < -0.3 is 10.4 Å². The summed E-state index contributed by atoms with van der Waals surface area (Å²) in [5.74, 6) is 0.154. The number of ketones is 1. The zero-order valence-corrected chi connectivity index (χ0v) is 8.08. The van der Waals surface area contributed by atoms with E-state index in [1.165, 1.54) is 0 Å². The topological polar surface area (TPSA) is 49.3 Å². The lowest BCUT2D eigenvalue weighted by Gasteiger charge is -2.18. The molecule has 1 aliphatic rings. The number of aliphatic hydroxyl groups excluding tert-OH is 1. The van der Waals surface area contributed by atoms with Crippen LogP contribution in [-0.4, -0.2) is 17.4 Å². The largest absolute Gasteiger partial charge is 0.389 e. The molecule has 1 heterocycles. The quantitative estimate of drug-likeness (QED) is 0.710. The molecule has 0 radical (unpaired) electrons. The first-order valence-electron chi connectivity index (χ1n) is 4.77. The fourth-order valence-electron chi connectivity index (χ4n) is 1.65. The van der Waals surface area contributed by atoms with Crippen molar-refractivity contribution in [3.8, 4) is 0 Å². The Balaban J connectivity index is 2.46. The number of nitrogens with one attached hydrogen (secondary N) is 1. The van der Waals surface area contributed by atoms with Crippen LogP contribution in [0, 0.1) is 0 Å². The molecule has 0 amide bonds. The fourth-order valence-corrected chi connectivity index (χ4v) is 1.65. The van der Waals surface area contributed by atoms with Crippen LogP contribution in [0.3, 0.4) is 0 Å². The SMILES string of the molecule is CC(O)c1ccc2c(c1)C(=O)CCN2. The van der Waals surface area contributed by atoms with Gasteiger partial charge in [0.15, 0.2) is 5.78 Å². The van der Waals surface area contributed by atoms with Gasteiger partial charge in [0.2, 0.25) is 0 Å². The number of benzene rings is 1. The minimum absolute atomic E-state index is 0.154. The van der Waals surface area contributed by atoms with E-state index in [1.807, 2.05) is 12.1 Å². The predicted octanol–water partition coefficient (Wildman–Crippen LogP) is 1.74. The van der Waals surface area contributed by atoms with Crippen LogP contribution in [0.4, 0.5) is 5.69 Å². The van der Waals surface area contributed by atoms with Crippen molar-refractivity contribution in [2.45, 2.75) is 19.4 Å². The first-order valence-corrected chi connectivity index (χ1v) is 4.77. The Morgan fingerprint density at radius 2 is 2.29 bits per heavy atom. The zero-order chi connectivity index (χ0) is 10.1. The number of hydrogen-bond donors (Lipinski definition) is 2. The van der Waals surface area contributed by atoms with Gasteiger partial charge in [0.1, 0.15) is 0 Å². The molecule has 0 spiro atoms. The van der Waals surface area contributed by atoms with Crippen molar-refractivity contribution in [3.63, 3.8) is 0 Å². The van der Waals surface area contributed by atoms with E-state index in [4.69, 9.17) is 0 Å². The second-order valence-corrected chi connectivity index (χ2v) is 3.58. The second kappa shape index (κ2) is 3.42. The summed E-state index contributed by atoms with van der Waals surface area (Å²) in [5.41, 5.74) is 2.38. The zero-order valence-electron chi connectivity index (χ0n) is 8.08. The number of carbonyl (C=O) groups excluding carboxylic acids is 1. The van der Waals surface area contributed by atoms with E-state index in [1.54, 1.807) is 13.0 Å². The maximum Gasteiger partial charge on any atom is 0.166 e. The summed E-state index contributed by atoms with van der Waals surface area (Å²) in [6.45, 7) is 2.41. The van der Waals surface area contributed by atoms with Crippen LogP contribution in [0.2, 0.25) is 0 Å². The molecule has 0 aromatic heterocycles. The van der Waals surface area contributed by atoms with Crippen LogP contribution in [0.1, 0.15) is 35.4 Å². The summed E-state index contributed by atoms with van der Waals surface area (Å²) in [5, 5.41) is 12.5. The average Bonchev–Trinajstić information content (AvgIpc) is 2.18.